The number of carbonyl (C=O) groups excluding carboxylic acids is 1. The largest absolute Gasteiger partial charge is 0.325 e. The van der Waals surface area contributed by atoms with Gasteiger partial charge in [-0.1, -0.05) is 35.3 Å². The number of benzene rings is 1. The lowest BCUT2D eigenvalue weighted by Gasteiger charge is -2.10. The predicted molar refractivity (Wildman–Crippen MR) is 76.1 cm³/mol. The molecule has 1 heterocycles. The monoisotopic (exact) mass is 311 g/mol. The van der Waals surface area contributed by atoms with Crippen LogP contribution in [0.1, 0.15) is 26.2 Å². The van der Waals surface area contributed by atoms with Crippen LogP contribution in [0, 0.1) is 0 Å². The van der Waals surface area contributed by atoms with Crippen molar-refractivity contribution in [2.45, 2.75) is 38.3 Å². The molecule has 5 heteroatoms. The molecule has 0 aromatic heterocycles. The molecule has 1 aromatic rings. The Hall–Kier alpha value is -0.910. The van der Waals surface area contributed by atoms with Gasteiger partial charge in [0.2, 0.25) is 5.91 Å². The van der Waals surface area contributed by atoms with Gasteiger partial charge in [-0.25, -0.2) is 5.43 Å². The van der Waals surface area contributed by atoms with Gasteiger partial charge in [0.25, 0.3) is 0 Å². The molecular weight excluding hydrogens is 294 g/mol. The second-order valence-electron chi connectivity index (χ2n) is 4.56. The van der Waals surface area contributed by atoms with Crippen molar-refractivity contribution < 1.29 is 4.79 Å². The molecular formula is C13H18BrN3O. The van der Waals surface area contributed by atoms with Crippen molar-refractivity contribution in [2.24, 2.45) is 0 Å². The summed E-state index contributed by atoms with van der Waals surface area (Å²) in [5.74, 6) is 0.0132. The summed E-state index contributed by atoms with van der Waals surface area (Å²) >= 11 is 3.39. The Kier molecular flexibility index (Phi) is 4.74. The van der Waals surface area contributed by atoms with Crippen LogP contribution in [0.5, 0.6) is 0 Å². The molecule has 0 radical (unpaired) electrons. The number of amides is 1. The van der Waals surface area contributed by atoms with E-state index in [1.54, 1.807) is 0 Å². The molecule has 1 aliphatic heterocycles. The fourth-order valence-corrected chi connectivity index (χ4v) is 2.53. The van der Waals surface area contributed by atoms with Crippen LogP contribution in [0.15, 0.2) is 28.7 Å². The first kappa shape index (κ1) is 13.5. The van der Waals surface area contributed by atoms with Crippen molar-refractivity contribution in [1.29, 1.82) is 0 Å². The highest BCUT2D eigenvalue weighted by Gasteiger charge is 2.28. The van der Waals surface area contributed by atoms with Crippen LogP contribution in [0.25, 0.3) is 0 Å². The van der Waals surface area contributed by atoms with E-state index in [1.165, 1.54) is 0 Å². The second-order valence-corrected chi connectivity index (χ2v) is 5.48. The van der Waals surface area contributed by atoms with Gasteiger partial charge in [0.15, 0.2) is 0 Å². The third-order valence-corrected chi connectivity index (χ3v) is 3.52. The van der Waals surface area contributed by atoms with Gasteiger partial charge in [-0.05, 0) is 31.0 Å². The van der Waals surface area contributed by atoms with Crippen molar-refractivity contribution in [1.82, 2.24) is 10.9 Å². The number of hydrazine groups is 1. The Bertz CT molecular complexity index is 424. The molecule has 2 atom stereocenters. The van der Waals surface area contributed by atoms with Gasteiger partial charge in [0, 0.05) is 16.2 Å². The molecule has 2 unspecified atom stereocenters. The van der Waals surface area contributed by atoms with Crippen molar-refractivity contribution in [3.05, 3.63) is 28.7 Å². The van der Waals surface area contributed by atoms with Gasteiger partial charge in [-0.15, -0.1) is 0 Å². The molecule has 0 aliphatic carbocycles. The Morgan fingerprint density at radius 2 is 2.33 bits per heavy atom. The van der Waals surface area contributed by atoms with Gasteiger partial charge in [0.05, 0.1) is 0 Å². The summed E-state index contributed by atoms with van der Waals surface area (Å²) in [5, 5.41) is 2.92. The minimum Gasteiger partial charge on any atom is -0.325 e. The van der Waals surface area contributed by atoms with Crippen LogP contribution in [-0.2, 0) is 4.79 Å². The van der Waals surface area contributed by atoms with Crippen LogP contribution in [-0.4, -0.2) is 18.0 Å². The van der Waals surface area contributed by atoms with E-state index in [0.717, 1.165) is 29.4 Å². The summed E-state index contributed by atoms with van der Waals surface area (Å²) in [6.07, 6.45) is 3.06. The summed E-state index contributed by atoms with van der Waals surface area (Å²) in [4.78, 5) is 12.0. The Labute approximate surface area is 116 Å². The lowest BCUT2D eigenvalue weighted by Crippen LogP contribution is -2.40. The topological polar surface area (TPSA) is 53.2 Å². The van der Waals surface area contributed by atoms with Crippen molar-refractivity contribution in [2.75, 3.05) is 5.32 Å². The highest BCUT2D eigenvalue weighted by atomic mass is 79.9. The molecule has 1 fully saturated rings. The van der Waals surface area contributed by atoms with E-state index < -0.39 is 0 Å². The SMILES string of the molecule is CCCC1CC(C(=O)Nc2cccc(Br)c2)NN1. The van der Waals surface area contributed by atoms with Crippen molar-refractivity contribution in [3.63, 3.8) is 0 Å². The van der Waals surface area contributed by atoms with Gasteiger partial charge in [0.1, 0.15) is 6.04 Å². The molecule has 4 nitrogen and oxygen atoms in total. The number of hydrogen-bond acceptors (Lipinski definition) is 3. The van der Waals surface area contributed by atoms with E-state index in [1.807, 2.05) is 24.3 Å². The van der Waals surface area contributed by atoms with Crippen LogP contribution in [0.2, 0.25) is 0 Å². The Balaban J connectivity index is 1.89. The van der Waals surface area contributed by atoms with Crippen LogP contribution >= 0.6 is 15.9 Å². The number of carbonyl (C=O) groups is 1. The van der Waals surface area contributed by atoms with Gasteiger partial charge in [-0.2, -0.15) is 0 Å². The normalized spacial score (nSPS) is 23.0. The second kappa shape index (κ2) is 6.31. The molecule has 2 rings (SSSR count). The van der Waals surface area contributed by atoms with Crippen molar-refractivity contribution in [3.8, 4) is 0 Å². The zero-order chi connectivity index (χ0) is 13.0. The number of halogens is 1. The lowest BCUT2D eigenvalue weighted by atomic mass is 10.1. The van der Waals surface area contributed by atoms with E-state index in [4.69, 9.17) is 0 Å². The van der Waals surface area contributed by atoms with Gasteiger partial charge in [-0.3, -0.25) is 10.2 Å². The van der Waals surface area contributed by atoms with E-state index in [9.17, 15) is 4.79 Å². The fraction of sp³-hybridized carbons (Fsp3) is 0.462. The van der Waals surface area contributed by atoms with E-state index in [2.05, 4.69) is 39.0 Å². The maximum Gasteiger partial charge on any atom is 0.242 e. The quantitative estimate of drug-likeness (QED) is 0.800. The van der Waals surface area contributed by atoms with Crippen LogP contribution in [0.3, 0.4) is 0 Å². The Morgan fingerprint density at radius 1 is 1.50 bits per heavy atom. The first-order valence-corrected chi connectivity index (χ1v) is 7.06. The smallest absolute Gasteiger partial charge is 0.242 e. The van der Waals surface area contributed by atoms with E-state index >= 15 is 0 Å². The standard InChI is InChI=1S/C13H18BrN3O/c1-2-4-11-8-12(17-16-11)13(18)15-10-6-3-5-9(14)7-10/h3,5-7,11-12,16-17H,2,4,8H2,1H3,(H,15,18). The van der Waals surface area contributed by atoms with Crippen LogP contribution in [0.4, 0.5) is 5.69 Å². The summed E-state index contributed by atoms with van der Waals surface area (Å²) in [7, 11) is 0. The lowest BCUT2D eigenvalue weighted by molar-refractivity contribution is -0.117. The summed E-state index contributed by atoms with van der Waals surface area (Å²) in [6, 6.07) is 7.86. The molecule has 0 bridgehead atoms. The molecule has 1 amide bonds. The minimum absolute atomic E-state index is 0.0132. The number of nitrogens with one attached hydrogen (secondary N) is 3. The molecule has 3 N–H and O–H groups in total. The fourth-order valence-electron chi connectivity index (χ4n) is 2.13. The highest BCUT2D eigenvalue weighted by molar-refractivity contribution is 9.10. The zero-order valence-electron chi connectivity index (χ0n) is 10.4. The third-order valence-electron chi connectivity index (χ3n) is 3.03. The molecule has 0 saturated carbocycles. The first-order chi connectivity index (χ1) is 8.69. The molecule has 0 spiro atoms. The molecule has 1 aromatic carbocycles. The van der Waals surface area contributed by atoms with Crippen LogP contribution < -0.4 is 16.2 Å². The first-order valence-electron chi connectivity index (χ1n) is 6.26. The molecule has 98 valence electrons. The Morgan fingerprint density at radius 3 is 3.06 bits per heavy atom. The average Bonchev–Trinajstić information content (AvgIpc) is 2.78. The molecule has 1 aliphatic rings. The highest BCUT2D eigenvalue weighted by Crippen LogP contribution is 2.17. The number of rotatable bonds is 4. The summed E-state index contributed by atoms with van der Waals surface area (Å²) in [6.45, 7) is 2.15. The van der Waals surface area contributed by atoms with Gasteiger partial charge < -0.3 is 5.32 Å². The van der Waals surface area contributed by atoms with Gasteiger partial charge >= 0.3 is 0 Å². The summed E-state index contributed by atoms with van der Waals surface area (Å²) in [5.41, 5.74) is 7.03. The summed E-state index contributed by atoms with van der Waals surface area (Å²) < 4.78 is 0.960. The average molecular weight is 312 g/mol. The maximum atomic E-state index is 12.0. The molecule has 18 heavy (non-hydrogen) atoms. The van der Waals surface area contributed by atoms with E-state index in [0.29, 0.717) is 6.04 Å². The number of anilines is 1. The maximum absolute atomic E-state index is 12.0. The third kappa shape index (κ3) is 3.54. The van der Waals surface area contributed by atoms with Crippen molar-refractivity contribution >= 4 is 27.5 Å². The zero-order valence-corrected chi connectivity index (χ0v) is 12.0. The predicted octanol–water partition coefficient (Wildman–Crippen LogP) is 2.42. The van der Waals surface area contributed by atoms with E-state index in [-0.39, 0.29) is 11.9 Å². The number of hydrogen-bond donors (Lipinski definition) is 3. The molecule has 1 saturated heterocycles. The minimum atomic E-state index is -0.152.